The Balaban J connectivity index is 2.67. The fraction of sp³-hybridized carbons (Fsp3) is 0.625. The summed E-state index contributed by atoms with van der Waals surface area (Å²) >= 11 is 0. The zero-order chi connectivity index (χ0) is 16.0. The summed E-state index contributed by atoms with van der Waals surface area (Å²) in [6.45, 7) is 7.85. The average Bonchev–Trinajstić information content (AvgIpc) is 2.36. The Hall–Kier alpha value is -0.970. The summed E-state index contributed by atoms with van der Waals surface area (Å²) < 4.78 is 52.0. The first-order chi connectivity index (χ1) is 9.61. The van der Waals surface area contributed by atoms with Crippen LogP contribution in [0.4, 0.5) is 8.78 Å². The summed E-state index contributed by atoms with van der Waals surface area (Å²) in [6, 6.07) is 1.93. The summed E-state index contributed by atoms with van der Waals surface area (Å²) in [5.74, 6) is -2.16. The van der Waals surface area contributed by atoms with Crippen molar-refractivity contribution in [1.29, 1.82) is 0 Å². The van der Waals surface area contributed by atoms with E-state index in [9.17, 15) is 17.2 Å². The maximum Gasteiger partial charge on any atom is 0.181 e. The predicted octanol–water partition coefficient (Wildman–Crippen LogP) is 4.44. The molecule has 21 heavy (non-hydrogen) atoms. The lowest BCUT2D eigenvalue weighted by molar-refractivity contribution is 0.239. The number of benzene rings is 1. The van der Waals surface area contributed by atoms with E-state index >= 15 is 0 Å². The summed E-state index contributed by atoms with van der Waals surface area (Å²) in [6.07, 6.45) is 2.32. The smallest absolute Gasteiger partial charge is 0.181 e. The van der Waals surface area contributed by atoms with Gasteiger partial charge in [-0.1, -0.05) is 27.2 Å². The van der Waals surface area contributed by atoms with E-state index in [-0.39, 0.29) is 16.2 Å². The van der Waals surface area contributed by atoms with Gasteiger partial charge in [-0.25, -0.2) is 17.2 Å². The van der Waals surface area contributed by atoms with Crippen molar-refractivity contribution in [2.75, 3.05) is 0 Å². The van der Waals surface area contributed by atoms with E-state index in [4.69, 9.17) is 0 Å². The quantitative estimate of drug-likeness (QED) is 0.773. The van der Waals surface area contributed by atoms with Crippen molar-refractivity contribution in [2.24, 2.45) is 5.41 Å². The van der Waals surface area contributed by atoms with Crippen molar-refractivity contribution in [3.05, 3.63) is 29.3 Å². The van der Waals surface area contributed by atoms with Gasteiger partial charge in [0.2, 0.25) is 0 Å². The maximum absolute atomic E-state index is 13.6. The molecule has 2 nitrogen and oxygen atoms in total. The third-order valence-corrected chi connectivity index (χ3v) is 6.89. The Kier molecular flexibility index (Phi) is 4.17. The van der Waals surface area contributed by atoms with Gasteiger partial charge in [0.1, 0.15) is 0 Å². The highest BCUT2D eigenvalue weighted by molar-refractivity contribution is 7.92. The molecule has 0 spiro atoms. The molecule has 2 rings (SSSR count). The highest BCUT2D eigenvalue weighted by atomic mass is 32.2. The lowest BCUT2D eigenvalue weighted by atomic mass is 9.70. The van der Waals surface area contributed by atoms with Crippen LogP contribution in [0.2, 0.25) is 0 Å². The van der Waals surface area contributed by atoms with Gasteiger partial charge in [-0.15, -0.1) is 0 Å². The largest absolute Gasteiger partial charge is 0.223 e. The van der Waals surface area contributed by atoms with E-state index < -0.39 is 26.7 Å². The van der Waals surface area contributed by atoms with Crippen molar-refractivity contribution in [3.63, 3.8) is 0 Å². The number of hydrogen-bond acceptors (Lipinski definition) is 2. The first-order valence-electron chi connectivity index (χ1n) is 7.34. The van der Waals surface area contributed by atoms with Gasteiger partial charge in [0.25, 0.3) is 0 Å². The fourth-order valence-electron chi connectivity index (χ4n) is 3.42. The van der Waals surface area contributed by atoms with E-state index in [1.807, 2.05) is 0 Å². The van der Waals surface area contributed by atoms with Gasteiger partial charge < -0.3 is 0 Å². The maximum atomic E-state index is 13.6. The van der Waals surface area contributed by atoms with Crippen LogP contribution in [-0.2, 0) is 9.84 Å². The molecule has 5 heteroatoms. The first kappa shape index (κ1) is 16.4. The van der Waals surface area contributed by atoms with Gasteiger partial charge in [0, 0.05) is 0 Å². The van der Waals surface area contributed by atoms with E-state index in [0.717, 1.165) is 25.0 Å². The monoisotopic (exact) mass is 316 g/mol. The molecule has 0 bridgehead atoms. The van der Waals surface area contributed by atoms with Crippen LogP contribution in [0.3, 0.4) is 0 Å². The molecule has 1 aliphatic rings. The van der Waals surface area contributed by atoms with Crippen molar-refractivity contribution in [1.82, 2.24) is 0 Å². The molecule has 0 saturated heterocycles. The number of rotatable bonds is 3. The Bertz CT molecular complexity index is 650. The van der Waals surface area contributed by atoms with Crippen LogP contribution in [0, 0.1) is 17.0 Å². The zero-order valence-corrected chi connectivity index (χ0v) is 13.7. The van der Waals surface area contributed by atoms with Gasteiger partial charge in [0.15, 0.2) is 21.5 Å². The van der Waals surface area contributed by atoms with Crippen LogP contribution in [0.1, 0.15) is 58.4 Å². The molecular formula is C16H22F2O2S. The first-order valence-corrected chi connectivity index (χ1v) is 8.88. The van der Waals surface area contributed by atoms with Crippen LogP contribution in [0.25, 0.3) is 0 Å². The molecule has 0 fully saturated rings. The molecule has 0 aliphatic carbocycles. The second-order valence-corrected chi connectivity index (χ2v) is 9.02. The Morgan fingerprint density at radius 1 is 1.24 bits per heavy atom. The predicted molar refractivity (Wildman–Crippen MR) is 79.1 cm³/mol. The number of hydrogen-bond donors (Lipinski definition) is 0. The van der Waals surface area contributed by atoms with Crippen LogP contribution in [-0.4, -0.2) is 13.7 Å². The van der Waals surface area contributed by atoms with Crippen LogP contribution >= 0.6 is 0 Å². The van der Waals surface area contributed by atoms with E-state index in [1.54, 1.807) is 6.92 Å². The van der Waals surface area contributed by atoms with Crippen LogP contribution in [0.5, 0.6) is 0 Å². The third kappa shape index (κ3) is 2.72. The minimum Gasteiger partial charge on any atom is -0.223 e. The van der Waals surface area contributed by atoms with Crippen molar-refractivity contribution >= 4 is 9.84 Å². The summed E-state index contributed by atoms with van der Waals surface area (Å²) in [5, 5.41) is -0.573. The SMILES string of the molecule is CCCC(C)(C)C1CC(C)S(=O)(=O)c2cc(F)c(F)cc21. The fourth-order valence-corrected chi connectivity index (χ4v) is 5.10. The molecule has 2 unspecified atom stereocenters. The van der Waals surface area contributed by atoms with Gasteiger partial charge in [-0.3, -0.25) is 0 Å². The number of fused-ring (bicyclic) bond motifs is 1. The van der Waals surface area contributed by atoms with Crippen molar-refractivity contribution < 1.29 is 17.2 Å². The molecule has 0 N–H and O–H groups in total. The minimum absolute atomic E-state index is 0.0330. The topological polar surface area (TPSA) is 34.1 Å². The van der Waals surface area contributed by atoms with Gasteiger partial charge >= 0.3 is 0 Å². The zero-order valence-electron chi connectivity index (χ0n) is 12.9. The van der Waals surface area contributed by atoms with E-state index in [1.165, 1.54) is 0 Å². The molecule has 118 valence electrons. The van der Waals surface area contributed by atoms with Gasteiger partial charge in [-0.05, 0) is 48.8 Å². The molecule has 0 aromatic heterocycles. The Morgan fingerprint density at radius 3 is 2.38 bits per heavy atom. The van der Waals surface area contributed by atoms with Crippen LogP contribution < -0.4 is 0 Å². The van der Waals surface area contributed by atoms with Crippen LogP contribution in [0.15, 0.2) is 17.0 Å². The molecule has 2 atom stereocenters. The third-order valence-electron chi connectivity index (χ3n) is 4.67. The van der Waals surface area contributed by atoms with E-state index in [0.29, 0.717) is 12.0 Å². The van der Waals surface area contributed by atoms with Gasteiger partial charge in [-0.2, -0.15) is 0 Å². The molecule has 1 aromatic rings. The summed E-state index contributed by atoms with van der Waals surface area (Å²) in [5.41, 5.74) is 0.281. The van der Waals surface area contributed by atoms with Gasteiger partial charge in [0.05, 0.1) is 10.1 Å². The second kappa shape index (κ2) is 5.34. The molecular weight excluding hydrogens is 294 g/mol. The number of halogens is 2. The average molecular weight is 316 g/mol. The molecule has 1 heterocycles. The molecule has 0 radical (unpaired) electrons. The Morgan fingerprint density at radius 2 is 1.81 bits per heavy atom. The number of sulfone groups is 1. The summed E-state index contributed by atoms with van der Waals surface area (Å²) in [7, 11) is -3.57. The minimum atomic E-state index is -3.57. The van der Waals surface area contributed by atoms with E-state index in [2.05, 4.69) is 20.8 Å². The molecule has 1 aliphatic heterocycles. The molecule has 0 amide bonds. The standard InChI is InChI=1S/C16H22F2O2S/c1-5-6-16(3,4)12-7-10(2)21(19,20)15-9-14(18)13(17)8-11(12)15/h8-10,12H,5-7H2,1-4H3. The second-order valence-electron chi connectivity index (χ2n) is 6.69. The normalized spacial score (nSPS) is 24.7. The molecule has 1 aromatic carbocycles. The summed E-state index contributed by atoms with van der Waals surface area (Å²) in [4.78, 5) is -0.0330. The Labute approximate surface area is 125 Å². The van der Waals surface area contributed by atoms with Crippen molar-refractivity contribution in [3.8, 4) is 0 Å². The highest BCUT2D eigenvalue weighted by Crippen LogP contribution is 2.49. The lowest BCUT2D eigenvalue weighted by Gasteiger charge is -2.40. The lowest BCUT2D eigenvalue weighted by Crippen LogP contribution is -2.35. The highest BCUT2D eigenvalue weighted by Gasteiger charge is 2.42. The van der Waals surface area contributed by atoms with Crippen molar-refractivity contribution in [2.45, 2.75) is 63.0 Å². The molecule has 0 saturated carbocycles.